The Labute approximate surface area is 744 Å². The lowest BCUT2D eigenvalue weighted by Crippen LogP contribution is -2.31. The number of aromatic hydroxyl groups is 3. The van der Waals surface area contributed by atoms with Crippen LogP contribution in [0.25, 0.3) is 10.8 Å². The molecular formula is C111H121N6O9+3. The Bertz CT molecular complexity index is 6220. The Morgan fingerprint density at radius 3 is 1.02 bits per heavy atom. The molecule has 646 valence electrons. The monoisotopic (exact) mass is 1680 g/mol. The first kappa shape index (κ1) is 89.1. The predicted octanol–water partition coefficient (Wildman–Crippen LogP) is 23.7. The van der Waals surface area contributed by atoms with Crippen LogP contribution in [0.15, 0.2) is 296 Å². The second-order valence-electron chi connectivity index (χ2n) is 36.4. The van der Waals surface area contributed by atoms with Gasteiger partial charge in [0.2, 0.25) is 36.7 Å². The molecule has 10 aromatic rings. The normalized spacial score (nSPS) is 20.0. The number of aryl methyl sites for hydroxylation is 3. The smallest absolute Gasteiger partial charge is 0.210 e. The summed E-state index contributed by atoms with van der Waals surface area (Å²) in [6.07, 6.45) is 26.4. The van der Waals surface area contributed by atoms with E-state index in [9.17, 15) is 29.7 Å². The average molecular weight is 1680 g/mol. The van der Waals surface area contributed by atoms with Crippen molar-refractivity contribution in [2.24, 2.45) is 0 Å². The van der Waals surface area contributed by atoms with E-state index in [2.05, 4.69) is 339 Å². The molecular weight excluding hydrogens is 1560 g/mol. The molecule has 126 heavy (non-hydrogen) atoms. The summed E-state index contributed by atoms with van der Waals surface area (Å²) in [6, 6.07) is 70.0. The third kappa shape index (κ3) is 17.3. The molecule has 3 unspecified atom stereocenters. The minimum absolute atomic E-state index is 0.129. The van der Waals surface area contributed by atoms with Crippen molar-refractivity contribution < 1.29 is 57.6 Å². The molecule has 6 aliphatic rings. The van der Waals surface area contributed by atoms with Gasteiger partial charge < -0.3 is 44.2 Å². The summed E-state index contributed by atoms with van der Waals surface area (Å²) in [4.78, 5) is 43.8. The third-order valence-electron chi connectivity index (χ3n) is 26.6. The Morgan fingerprint density at radius 2 is 0.659 bits per heavy atom. The molecule has 10 aromatic carbocycles. The molecule has 0 aromatic heterocycles. The summed E-state index contributed by atoms with van der Waals surface area (Å²) < 4.78 is 25.1. The molecule has 16 rings (SSSR count). The van der Waals surface area contributed by atoms with Gasteiger partial charge in [0, 0.05) is 124 Å². The van der Waals surface area contributed by atoms with Gasteiger partial charge in [-0.25, -0.2) is 0 Å². The molecule has 0 amide bonds. The van der Waals surface area contributed by atoms with Crippen LogP contribution in [0.4, 0.5) is 34.1 Å². The summed E-state index contributed by atoms with van der Waals surface area (Å²) in [5.74, 6) is 3.15. The second-order valence-corrected chi connectivity index (χ2v) is 36.4. The molecule has 0 spiro atoms. The number of carbonyl (C=O) groups is 3. The Hall–Kier alpha value is -13.1. The van der Waals surface area contributed by atoms with Gasteiger partial charge in [-0.3, -0.25) is 14.4 Å². The van der Waals surface area contributed by atoms with Crippen LogP contribution >= 0.6 is 0 Å². The SMILES string of the molecule is CCC1(C)/C(=C\C=C\C2=[N+](CC(C)=O)c3ccc(C)cc3C2(C)C)N(COc2ccc(O)cc2)c2ccccc21.CCC1(C)/C(=C\C=C\C2=[N+](CC(C)=O)c3ccc4ccc(C)cc4c3C2(C)C)N(COc2ccc(O)cc2)c2ccccc21.CCC1(C)\C(=C/C=C/C=C/C2=[N+](CC(C)=O)c3ccc(C)cc3C2(C)C)N(COc2ccc(O)cc2)c2ccccc21. The summed E-state index contributed by atoms with van der Waals surface area (Å²) in [5.41, 5.74) is 23.5. The van der Waals surface area contributed by atoms with Gasteiger partial charge in [-0.05, 0) is 257 Å². The fourth-order valence-electron chi connectivity index (χ4n) is 19.4. The molecule has 0 saturated heterocycles. The van der Waals surface area contributed by atoms with E-state index in [1.807, 2.05) is 0 Å². The maximum Gasteiger partial charge on any atom is 0.210 e. The number of rotatable bonds is 25. The number of ketones is 3. The van der Waals surface area contributed by atoms with Gasteiger partial charge in [-0.15, -0.1) is 0 Å². The van der Waals surface area contributed by atoms with Crippen LogP contribution in [0, 0.1) is 20.8 Å². The van der Waals surface area contributed by atoms with Gasteiger partial charge in [-0.1, -0.05) is 153 Å². The van der Waals surface area contributed by atoms with Crippen LogP contribution in [0.2, 0.25) is 0 Å². The van der Waals surface area contributed by atoms with Crippen molar-refractivity contribution in [1.82, 2.24) is 0 Å². The number of para-hydroxylation sites is 3. The van der Waals surface area contributed by atoms with Crippen LogP contribution in [-0.4, -0.2) is 103 Å². The Morgan fingerprint density at radius 1 is 0.349 bits per heavy atom. The predicted molar refractivity (Wildman–Crippen MR) is 513 cm³/mol. The standard InChI is InChI=1S/C39H40N2O3.C37H40N2O3.C35H38N2O3/c1-7-39(6)32-11-8-9-12-33(32)41(25-44-30-20-18-29(43)19-21-30)36(39)14-10-13-35-38(4,5)37-31-23-26(2)15-16-28(31)17-22-34(37)40(35)24-27(3)42;1-7-37(6)30-13-11-12-14-32(30)39(25-42-29-20-18-28(41)19-21-29)35(37)16-10-8-9-15-34-36(4,5)31-23-26(2)17-22-33(31)38(34)24-27(3)40;1-7-35(6)28-11-8-9-12-30(28)37(23-40-27-18-16-26(39)17-19-27)33(35)14-10-13-32-34(4,5)29-21-24(2)15-20-31(29)36(32)22-25(3)38/h8-23H,7,24-25H2,1-6H3;8-23H,7,24-25H2,1-6H3;8-21H,7,22-23H2,1-6H3/p+3. The van der Waals surface area contributed by atoms with Crippen molar-refractivity contribution >= 4 is 79.4 Å². The topological polar surface area (TPSA) is 158 Å². The summed E-state index contributed by atoms with van der Waals surface area (Å²) in [7, 11) is 0. The molecule has 6 heterocycles. The number of Topliss-reactive ketones (excluding diaryl/α,β-unsaturated/α-hetero) is 3. The van der Waals surface area contributed by atoms with Crippen molar-refractivity contribution in [3.05, 3.63) is 346 Å². The van der Waals surface area contributed by atoms with Crippen LogP contribution in [-0.2, 0) is 46.9 Å². The molecule has 3 atom stereocenters. The molecule has 6 aliphatic heterocycles. The number of anilines is 3. The number of hydrogen-bond acceptors (Lipinski definition) is 12. The lowest BCUT2D eigenvalue weighted by atomic mass is 9.78. The van der Waals surface area contributed by atoms with E-state index in [-0.39, 0.29) is 67.1 Å². The number of nitrogens with zero attached hydrogens (tertiary/aromatic N) is 6. The van der Waals surface area contributed by atoms with Gasteiger partial charge in [-0.2, -0.15) is 13.7 Å². The van der Waals surface area contributed by atoms with Crippen molar-refractivity contribution in [3.8, 4) is 34.5 Å². The zero-order valence-electron chi connectivity index (χ0n) is 76.4. The highest BCUT2D eigenvalue weighted by Crippen LogP contribution is 2.54. The third-order valence-corrected chi connectivity index (χ3v) is 26.6. The highest BCUT2D eigenvalue weighted by Gasteiger charge is 2.50. The zero-order valence-corrected chi connectivity index (χ0v) is 76.4. The highest BCUT2D eigenvalue weighted by atomic mass is 16.5. The number of fused-ring (bicyclic) bond motifs is 8. The van der Waals surface area contributed by atoms with Gasteiger partial charge >= 0.3 is 0 Å². The number of hydrogen-bond donors (Lipinski definition) is 3. The van der Waals surface area contributed by atoms with Crippen molar-refractivity contribution in [1.29, 1.82) is 0 Å². The van der Waals surface area contributed by atoms with Crippen LogP contribution in [0.5, 0.6) is 34.5 Å². The fraction of sp³-hybridized carbons (Fsp3) is 0.297. The maximum absolute atomic E-state index is 12.5. The van der Waals surface area contributed by atoms with Crippen molar-refractivity contribution in [2.75, 3.05) is 54.5 Å². The summed E-state index contributed by atoms with van der Waals surface area (Å²) >= 11 is 0. The molecule has 0 aliphatic carbocycles. The number of benzene rings is 10. The minimum atomic E-state index is -0.304. The molecule has 0 radical (unpaired) electrons. The van der Waals surface area contributed by atoms with Gasteiger partial charge in [0.05, 0.1) is 16.2 Å². The van der Waals surface area contributed by atoms with Crippen LogP contribution in [0.1, 0.15) is 173 Å². The van der Waals surface area contributed by atoms with Crippen LogP contribution in [0.3, 0.4) is 0 Å². The van der Waals surface area contributed by atoms with E-state index < -0.39 is 0 Å². The van der Waals surface area contributed by atoms with E-state index in [1.54, 1.807) is 93.6 Å². The lowest BCUT2D eigenvalue weighted by molar-refractivity contribution is -0.424. The van der Waals surface area contributed by atoms with E-state index in [0.717, 1.165) is 81.9 Å². The first-order chi connectivity index (χ1) is 60.2. The van der Waals surface area contributed by atoms with Gasteiger partial charge in [0.25, 0.3) is 0 Å². The first-order valence-corrected chi connectivity index (χ1v) is 44.1. The number of carbonyl (C=O) groups excluding carboxylic acids is 3. The minimum Gasteiger partial charge on any atom is -0.508 e. The number of ether oxygens (including phenoxy) is 3. The molecule has 0 fully saturated rings. The summed E-state index contributed by atoms with van der Waals surface area (Å²) in [5, 5.41) is 31.5. The van der Waals surface area contributed by atoms with Crippen molar-refractivity contribution in [2.45, 2.75) is 176 Å². The van der Waals surface area contributed by atoms with Gasteiger partial charge in [0.15, 0.2) is 54.7 Å². The number of phenolic OH excluding ortho intramolecular Hbond substituents is 3. The van der Waals surface area contributed by atoms with E-state index in [4.69, 9.17) is 14.2 Å². The lowest BCUT2D eigenvalue weighted by Gasteiger charge is -2.29. The van der Waals surface area contributed by atoms with E-state index in [1.165, 1.54) is 66.5 Å². The molecule has 3 N–H and O–H groups in total. The number of phenols is 3. The average Bonchev–Trinajstić information content (AvgIpc) is 1.56. The molecule has 15 heteroatoms. The van der Waals surface area contributed by atoms with Crippen molar-refractivity contribution in [3.63, 3.8) is 0 Å². The van der Waals surface area contributed by atoms with Gasteiger partial charge in [0.1, 0.15) is 34.5 Å². The largest absolute Gasteiger partial charge is 0.508 e. The van der Waals surface area contributed by atoms with Crippen LogP contribution < -0.4 is 28.9 Å². The maximum atomic E-state index is 12.5. The Kier molecular flexibility index (Phi) is 25.6. The zero-order chi connectivity index (χ0) is 90.0. The molecule has 0 saturated carbocycles. The fourth-order valence-corrected chi connectivity index (χ4v) is 19.4. The second kappa shape index (κ2) is 36.2. The van der Waals surface area contributed by atoms with E-state index in [0.29, 0.717) is 57.1 Å². The highest BCUT2D eigenvalue weighted by molar-refractivity contribution is 6.09. The number of allylic oxidation sites excluding steroid dienone is 14. The molecule has 0 bridgehead atoms. The quantitative estimate of drug-likeness (QED) is 0.0368. The van der Waals surface area contributed by atoms with E-state index >= 15 is 0 Å². The molecule has 15 nitrogen and oxygen atoms in total. The first-order valence-electron chi connectivity index (χ1n) is 44.1. The summed E-state index contributed by atoms with van der Waals surface area (Å²) in [6.45, 7) is 40.4. The Balaban J connectivity index is 0.000000154.